The fourth-order valence-corrected chi connectivity index (χ4v) is 1.94. The Bertz CT molecular complexity index is 669. The monoisotopic (exact) mass is 308 g/mol. The summed E-state index contributed by atoms with van der Waals surface area (Å²) < 4.78 is 43.0. The van der Waals surface area contributed by atoms with E-state index in [-0.39, 0.29) is 0 Å². The van der Waals surface area contributed by atoms with Crippen LogP contribution in [0.4, 0.5) is 13.2 Å². The molecular weight excluding hydrogens is 297 g/mol. The standard InChI is InChI=1S/C15H11F3N2O2/c16-15(17,18)11-5-3-10(4-6-11)13-8-14(20-22-13)21-12-2-1-7-19-9-12/h1-9,13,20H/t13-/m0/s1. The number of hydrogen-bond donors (Lipinski definition) is 1. The summed E-state index contributed by atoms with van der Waals surface area (Å²) in [5.41, 5.74) is 2.48. The molecule has 1 aromatic heterocycles. The summed E-state index contributed by atoms with van der Waals surface area (Å²) in [6, 6.07) is 8.23. The average Bonchev–Trinajstić information content (AvgIpc) is 2.96. The summed E-state index contributed by atoms with van der Waals surface area (Å²) >= 11 is 0. The van der Waals surface area contributed by atoms with E-state index < -0.39 is 17.8 Å². The summed E-state index contributed by atoms with van der Waals surface area (Å²) in [5.74, 6) is 0.885. The molecule has 2 aromatic rings. The van der Waals surface area contributed by atoms with E-state index in [9.17, 15) is 13.2 Å². The lowest BCUT2D eigenvalue weighted by molar-refractivity contribution is -0.137. The van der Waals surface area contributed by atoms with E-state index in [1.807, 2.05) is 0 Å². The molecule has 0 fully saturated rings. The van der Waals surface area contributed by atoms with Crippen molar-refractivity contribution < 1.29 is 22.7 Å². The van der Waals surface area contributed by atoms with E-state index in [0.29, 0.717) is 17.2 Å². The maximum Gasteiger partial charge on any atom is 0.416 e. The second-order valence-corrected chi connectivity index (χ2v) is 4.58. The van der Waals surface area contributed by atoms with Crippen molar-refractivity contribution in [1.29, 1.82) is 0 Å². The molecule has 0 unspecified atom stereocenters. The van der Waals surface area contributed by atoms with Gasteiger partial charge in [0.15, 0.2) is 0 Å². The molecule has 0 spiro atoms. The SMILES string of the molecule is FC(F)(F)c1ccc([C@@H]2C=C(Oc3cccnc3)NO2)cc1. The van der Waals surface area contributed by atoms with Gasteiger partial charge in [-0.15, -0.1) is 0 Å². The van der Waals surface area contributed by atoms with Crippen molar-refractivity contribution in [2.45, 2.75) is 12.3 Å². The molecule has 7 heteroatoms. The van der Waals surface area contributed by atoms with Crippen LogP contribution >= 0.6 is 0 Å². The van der Waals surface area contributed by atoms with Crippen molar-refractivity contribution in [1.82, 2.24) is 10.5 Å². The molecule has 0 saturated heterocycles. The van der Waals surface area contributed by atoms with Gasteiger partial charge < -0.3 is 4.74 Å². The van der Waals surface area contributed by atoms with Crippen LogP contribution in [0.25, 0.3) is 0 Å². The minimum Gasteiger partial charge on any atom is -0.438 e. The molecule has 0 bridgehead atoms. The van der Waals surface area contributed by atoms with Crippen molar-refractivity contribution >= 4 is 0 Å². The first-order chi connectivity index (χ1) is 10.5. The number of alkyl halides is 3. The largest absolute Gasteiger partial charge is 0.438 e. The fourth-order valence-electron chi connectivity index (χ4n) is 1.94. The molecule has 0 saturated carbocycles. The van der Waals surface area contributed by atoms with Crippen LogP contribution in [0.15, 0.2) is 60.8 Å². The van der Waals surface area contributed by atoms with E-state index in [1.165, 1.54) is 18.3 Å². The smallest absolute Gasteiger partial charge is 0.416 e. The first-order valence-corrected chi connectivity index (χ1v) is 6.41. The van der Waals surface area contributed by atoms with Crippen LogP contribution in [0.3, 0.4) is 0 Å². The Kier molecular flexibility index (Phi) is 3.72. The molecular formula is C15H11F3N2O2. The van der Waals surface area contributed by atoms with Crippen LogP contribution < -0.4 is 10.2 Å². The number of hydrogen-bond acceptors (Lipinski definition) is 4. The molecule has 0 radical (unpaired) electrons. The van der Waals surface area contributed by atoms with Crippen molar-refractivity contribution in [2.24, 2.45) is 0 Å². The van der Waals surface area contributed by atoms with Crippen molar-refractivity contribution in [3.05, 3.63) is 71.9 Å². The Labute approximate surface area is 124 Å². The molecule has 1 aliphatic rings. The van der Waals surface area contributed by atoms with Gasteiger partial charge in [0, 0.05) is 12.3 Å². The van der Waals surface area contributed by atoms with Crippen molar-refractivity contribution in [3.63, 3.8) is 0 Å². The summed E-state index contributed by atoms with van der Waals surface area (Å²) in [4.78, 5) is 9.19. The Morgan fingerprint density at radius 2 is 1.91 bits per heavy atom. The molecule has 2 heterocycles. The predicted molar refractivity (Wildman–Crippen MR) is 71.4 cm³/mol. The number of benzene rings is 1. The van der Waals surface area contributed by atoms with Crippen LogP contribution in [0, 0.1) is 0 Å². The maximum absolute atomic E-state index is 12.5. The highest BCUT2D eigenvalue weighted by molar-refractivity contribution is 5.29. The summed E-state index contributed by atoms with van der Waals surface area (Å²) in [6.45, 7) is 0. The molecule has 1 N–H and O–H groups in total. The van der Waals surface area contributed by atoms with Gasteiger partial charge in [0.25, 0.3) is 0 Å². The fraction of sp³-hybridized carbons (Fsp3) is 0.133. The van der Waals surface area contributed by atoms with E-state index in [4.69, 9.17) is 9.57 Å². The number of rotatable bonds is 3. The van der Waals surface area contributed by atoms with Crippen LogP contribution in [0.5, 0.6) is 5.75 Å². The molecule has 0 aliphatic carbocycles. The quantitative estimate of drug-likeness (QED) is 0.941. The van der Waals surface area contributed by atoms with Crippen molar-refractivity contribution in [3.8, 4) is 5.75 Å². The van der Waals surface area contributed by atoms with E-state index in [1.54, 1.807) is 24.4 Å². The number of halogens is 3. The summed E-state index contributed by atoms with van der Waals surface area (Å²) in [5, 5.41) is 0. The normalized spacial score (nSPS) is 17.8. The van der Waals surface area contributed by atoms with Gasteiger partial charge in [0.05, 0.1) is 11.8 Å². The van der Waals surface area contributed by atoms with E-state index in [2.05, 4.69) is 10.5 Å². The molecule has 0 amide bonds. The Hall–Kier alpha value is -2.54. The zero-order chi connectivity index (χ0) is 15.6. The lowest BCUT2D eigenvalue weighted by Gasteiger charge is -2.10. The lowest BCUT2D eigenvalue weighted by Crippen LogP contribution is -2.12. The average molecular weight is 308 g/mol. The molecule has 1 atom stereocenters. The molecule has 3 rings (SSSR count). The van der Waals surface area contributed by atoms with Crippen molar-refractivity contribution in [2.75, 3.05) is 0 Å². The van der Waals surface area contributed by atoms with Gasteiger partial charge in [-0.1, -0.05) is 12.1 Å². The Morgan fingerprint density at radius 3 is 2.55 bits per heavy atom. The number of nitrogens with zero attached hydrogens (tertiary/aromatic N) is 1. The van der Waals surface area contributed by atoms with E-state index >= 15 is 0 Å². The molecule has 1 aliphatic heterocycles. The predicted octanol–water partition coefficient (Wildman–Crippen LogP) is 3.60. The zero-order valence-corrected chi connectivity index (χ0v) is 11.2. The third-order valence-corrected chi connectivity index (χ3v) is 3.02. The zero-order valence-electron chi connectivity index (χ0n) is 11.2. The molecule has 114 valence electrons. The van der Waals surface area contributed by atoms with Gasteiger partial charge >= 0.3 is 6.18 Å². The molecule has 22 heavy (non-hydrogen) atoms. The minimum atomic E-state index is -4.35. The summed E-state index contributed by atoms with van der Waals surface area (Å²) in [7, 11) is 0. The van der Waals surface area contributed by atoms with E-state index in [0.717, 1.165) is 12.1 Å². The highest BCUT2D eigenvalue weighted by Crippen LogP contribution is 2.31. The Balaban J connectivity index is 1.71. The topological polar surface area (TPSA) is 43.4 Å². The first-order valence-electron chi connectivity index (χ1n) is 6.41. The second-order valence-electron chi connectivity index (χ2n) is 4.58. The molecule has 1 aromatic carbocycles. The van der Waals surface area contributed by atoms with Crippen LogP contribution in [0.2, 0.25) is 0 Å². The van der Waals surface area contributed by atoms with Gasteiger partial charge in [-0.25, -0.2) is 5.48 Å². The number of hydroxylamine groups is 1. The van der Waals surface area contributed by atoms with Gasteiger partial charge in [-0.05, 0) is 29.8 Å². The number of ether oxygens (including phenoxy) is 1. The minimum absolute atomic E-state index is 0.359. The highest BCUT2D eigenvalue weighted by Gasteiger charge is 2.30. The third-order valence-electron chi connectivity index (χ3n) is 3.02. The van der Waals surface area contributed by atoms with Gasteiger partial charge in [0.1, 0.15) is 11.9 Å². The number of aromatic nitrogens is 1. The lowest BCUT2D eigenvalue weighted by atomic mass is 10.1. The Morgan fingerprint density at radius 1 is 1.14 bits per heavy atom. The van der Waals surface area contributed by atoms with Gasteiger partial charge in [-0.3, -0.25) is 9.82 Å². The molecule has 4 nitrogen and oxygen atoms in total. The maximum atomic E-state index is 12.5. The third kappa shape index (κ3) is 3.20. The van der Waals surface area contributed by atoms with Crippen LogP contribution in [-0.4, -0.2) is 4.98 Å². The summed E-state index contributed by atoms with van der Waals surface area (Å²) in [6.07, 6.45) is -0.0829. The first kappa shape index (κ1) is 14.4. The van der Waals surface area contributed by atoms with Gasteiger partial charge in [0.2, 0.25) is 5.88 Å². The van der Waals surface area contributed by atoms with Crippen LogP contribution in [0.1, 0.15) is 17.2 Å². The highest BCUT2D eigenvalue weighted by atomic mass is 19.4. The second kappa shape index (κ2) is 5.69. The van der Waals surface area contributed by atoms with Gasteiger partial charge in [-0.2, -0.15) is 13.2 Å². The van der Waals surface area contributed by atoms with Crippen LogP contribution in [-0.2, 0) is 11.0 Å². The number of pyridine rings is 1. The number of nitrogens with one attached hydrogen (secondary N) is 1.